The summed E-state index contributed by atoms with van der Waals surface area (Å²) in [6.07, 6.45) is 3.97. The first-order valence-corrected chi connectivity index (χ1v) is 16.3. The molecule has 0 saturated heterocycles. The fourth-order valence-corrected chi connectivity index (χ4v) is 6.49. The van der Waals surface area contributed by atoms with Crippen LogP contribution in [0.1, 0.15) is 22.1 Å². The van der Waals surface area contributed by atoms with Crippen LogP contribution in [0.3, 0.4) is 0 Å². The van der Waals surface area contributed by atoms with Crippen molar-refractivity contribution in [1.82, 2.24) is 4.98 Å². The van der Waals surface area contributed by atoms with E-state index < -0.39 is 5.25 Å². The average Bonchev–Trinajstić information content (AvgIpc) is 2.92. The summed E-state index contributed by atoms with van der Waals surface area (Å²) in [7, 11) is 0. The highest BCUT2D eigenvalue weighted by Gasteiger charge is 2.24. The molecule has 1 unspecified atom stereocenters. The van der Waals surface area contributed by atoms with Crippen LogP contribution in [0, 0.1) is 6.92 Å². The zero-order valence-electron chi connectivity index (χ0n) is 21.0. The fourth-order valence-electron chi connectivity index (χ4n) is 3.69. The fraction of sp³-hybridized carbons (Fsp3) is 0.172. The number of aromatic nitrogens is 1. The molecule has 4 aromatic rings. The van der Waals surface area contributed by atoms with Gasteiger partial charge in [-0.25, -0.2) is 4.98 Å². The number of benzene rings is 3. The molecule has 1 atom stereocenters. The minimum atomic E-state index is -0.482. The number of carbonyl (C=O) groups is 1. The van der Waals surface area contributed by atoms with Crippen molar-refractivity contribution in [3.63, 3.8) is 0 Å². The minimum absolute atomic E-state index is 0.110. The van der Waals surface area contributed by atoms with Gasteiger partial charge in [0.2, 0.25) is 5.91 Å². The Kier molecular flexibility index (Phi) is 10.5. The summed E-state index contributed by atoms with van der Waals surface area (Å²) in [5.41, 5.74) is 3.61. The van der Waals surface area contributed by atoms with Gasteiger partial charge >= 0.3 is 0 Å². The van der Waals surface area contributed by atoms with E-state index in [0.717, 1.165) is 42.7 Å². The highest BCUT2D eigenvalue weighted by Crippen LogP contribution is 2.38. The van der Waals surface area contributed by atoms with Crippen LogP contribution in [0.4, 0.5) is 5.69 Å². The van der Waals surface area contributed by atoms with Crippen LogP contribution in [0.5, 0.6) is 11.5 Å². The molecule has 38 heavy (non-hydrogen) atoms. The van der Waals surface area contributed by atoms with Gasteiger partial charge in [0.05, 0.1) is 5.69 Å². The molecule has 4 rings (SSSR count). The van der Waals surface area contributed by atoms with Gasteiger partial charge in [0, 0.05) is 25.8 Å². The molecule has 9 heteroatoms. The van der Waals surface area contributed by atoms with Crippen LogP contribution in [-0.4, -0.2) is 23.4 Å². The topological polar surface area (TPSA) is 51.2 Å². The van der Waals surface area contributed by atoms with E-state index in [-0.39, 0.29) is 5.91 Å². The first-order chi connectivity index (χ1) is 18.4. The number of nitrogens with one attached hydrogen (secondary N) is 1. The minimum Gasteiger partial charge on any atom is -0.457 e. The zero-order chi connectivity index (χ0) is 27.1. The quantitative estimate of drug-likeness (QED) is 0.173. The summed E-state index contributed by atoms with van der Waals surface area (Å²) in [4.78, 5) is 19.5. The second-order valence-electron chi connectivity index (χ2n) is 8.29. The highest BCUT2D eigenvalue weighted by atomic mass is 79.9. The van der Waals surface area contributed by atoms with Crippen molar-refractivity contribution >= 4 is 74.4 Å². The Morgan fingerprint density at radius 1 is 1.00 bits per heavy atom. The Bertz CT molecular complexity index is 1380. The molecule has 0 radical (unpaired) electrons. The van der Waals surface area contributed by atoms with Crippen molar-refractivity contribution in [3.8, 4) is 11.5 Å². The number of amides is 1. The molecular formula is C29H26BrClN2O2S3. The number of anilines is 1. The van der Waals surface area contributed by atoms with E-state index in [9.17, 15) is 4.79 Å². The van der Waals surface area contributed by atoms with Crippen LogP contribution in [-0.2, 0) is 10.5 Å². The van der Waals surface area contributed by atoms with Crippen molar-refractivity contribution in [2.75, 3.05) is 17.8 Å². The number of aryl methyl sites for hydroxylation is 1. The molecule has 1 aromatic heterocycles. The predicted molar refractivity (Wildman–Crippen MR) is 167 cm³/mol. The molecule has 1 heterocycles. The van der Waals surface area contributed by atoms with Gasteiger partial charge in [-0.15, -0.1) is 35.3 Å². The summed E-state index contributed by atoms with van der Waals surface area (Å²) < 4.78 is 7.07. The second-order valence-corrected chi connectivity index (χ2v) is 12.4. The van der Waals surface area contributed by atoms with Gasteiger partial charge in [0.15, 0.2) is 0 Å². The van der Waals surface area contributed by atoms with E-state index in [1.165, 1.54) is 11.8 Å². The smallest absolute Gasteiger partial charge is 0.242 e. The van der Waals surface area contributed by atoms with Crippen molar-refractivity contribution in [1.29, 1.82) is 0 Å². The van der Waals surface area contributed by atoms with E-state index in [0.29, 0.717) is 16.5 Å². The van der Waals surface area contributed by atoms with Gasteiger partial charge in [-0.1, -0.05) is 51.8 Å². The normalized spacial score (nSPS) is 11.7. The number of halogens is 2. The SMILES string of the molecule is CSc1cc(C)nc(SC)c1NC(=O)C(SCc1ccc(Cl)cc1)c1cccc(Oc2ccc(Br)cc2)c1. The molecule has 1 amide bonds. The Morgan fingerprint density at radius 2 is 1.74 bits per heavy atom. The van der Waals surface area contributed by atoms with E-state index in [1.807, 2.05) is 98.3 Å². The monoisotopic (exact) mass is 644 g/mol. The molecule has 0 spiro atoms. The first kappa shape index (κ1) is 28.9. The molecule has 0 saturated carbocycles. The van der Waals surface area contributed by atoms with E-state index in [2.05, 4.69) is 26.2 Å². The maximum Gasteiger partial charge on any atom is 0.242 e. The van der Waals surface area contributed by atoms with E-state index >= 15 is 0 Å². The van der Waals surface area contributed by atoms with Crippen molar-refractivity contribution in [2.24, 2.45) is 0 Å². The van der Waals surface area contributed by atoms with Gasteiger partial charge in [-0.2, -0.15) is 0 Å². The maximum absolute atomic E-state index is 13.9. The standard InChI is InChI=1S/C29H26BrClN2O2S3/c1-18-15-25(36-2)26(29(32-18)37-3)33-28(34)27(38-17-19-7-11-22(31)12-8-19)20-5-4-6-24(16-20)35-23-13-9-21(30)10-14-23/h4-16,27H,17H2,1-3H3,(H,33,34). The number of pyridine rings is 1. The number of rotatable bonds is 10. The molecule has 196 valence electrons. The Labute approximate surface area is 249 Å². The third kappa shape index (κ3) is 7.73. The zero-order valence-corrected chi connectivity index (χ0v) is 25.8. The largest absolute Gasteiger partial charge is 0.457 e. The van der Waals surface area contributed by atoms with Crippen molar-refractivity contribution in [3.05, 3.63) is 105 Å². The van der Waals surface area contributed by atoms with Gasteiger partial charge in [-0.05, 0) is 85.2 Å². The van der Waals surface area contributed by atoms with Gasteiger partial charge in [-0.3, -0.25) is 4.79 Å². The number of nitrogens with zero attached hydrogens (tertiary/aromatic N) is 1. The van der Waals surface area contributed by atoms with Crippen LogP contribution in [0.2, 0.25) is 5.02 Å². The molecule has 0 fully saturated rings. The Morgan fingerprint density at radius 3 is 2.42 bits per heavy atom. The molecule has 0 aliphatic carbocycles. The number of thioether (sulfide) groups is 3. The summed E-state index contributed by atoms with van der Waals surface area (Å²) in [6, 6.07) is 25.1. The molecule has 3 aromatic carbocycles. The lowest BCUT2D eigenvalue weighted by atomic mass is 10.1. The summed E-state index contributed by atoms with van der Waals surface area (Å²) in [5.74, 6) is 1.92. The average molecular weight is 646 g/mol. The highest BCUT2D eigenvalue weighted by molar-refractivity contribution is 9.10. The lowest BCUT2D eigenvalue weighted by molar-refractivity contribution is -0.115. The predicted octanol–water partition coefficient (Wildman–Crippen LogP) is 9.66. The van der Waals surface area contributed by atoms with Crippen LogP contribution >= 0.6 is 62.8 Å². The van der Waals surface area contributed by atoms with Crippen molar-refractivity contribution < 1.29 is 9.53 Å². The number of hydrogen-bond donors (Lipinski definition) is 1. The van der Waals surface area contributed by atoms with Crippen LogP contribution < -0.4 is 10.1 Å². The maximum atomic E-state index is 13.9. The first-order valence-electron chi connectivity index (χ1n) is 11.7. The summed E-state index contributed by atoms with van der Waals surface area (Å²) in [6.45, 7) is 1.97. The lowest BCUT2D eigenvalue weighted by Gasteiger charge is -2.20. The molecule has 1 N–H and O–H groups in total. The third-order valence-electron chi connectivity index (χ3n) is 5.52. The van der Waals surface area contributed by atoms with Gasteiger partial charge in [0.25, 0.3) is 0 Å². The summed E-state index contributed by atoms with van der Waals surface area (Å²) in [5, 5.41) is 4.20. The molecule has 0 bridgehead atoms. The molecule has 0 aliphatic rings. The Hall–Kier alpha value is -2.10. The van der Waals surface area contributed by atoms with E-state index in [4.69, 9.17) is 16.3 Å². The van der Waals surface area contributed by atoms with Crippen LogP contribution in [0.15, 0.2) is 93.3 Å². The van der Waals surface area contributed by atoms with E-state index in [1.54, 1.807) is 23.5 Å². The molecule has 4 nitrogen and oxygen atoms in total. The number of ether oxygens (including phenoxy) is 1. The third-order valence-corrected chi connectivity index (χ3v) is 9.06. The summed E-state index contributed by atoms with van der Waals surface area (Å²) >= 11 is 14.2. The Balaban J connectivity index is 1.64. The van der Waals surface area contributed by atoms with Crippen molar-refractivity contribution in [2.45, 2.75) is 27.8 Å². The molecular weight excluding hydrogens is 620 g/mol. The molecule has 0 aliphatic heterocycles. The van der Waals surface area contributed by atoms with Gasteiger partial charge in [0.1, 0.15) is 21.8 Å². The number of carbonyl (C=O) groups excluding carboxylic acids is 1. The van der Waals surface area contributed by atoms with Crippen LogP contribution in [0.25, 0.3) is 0 Å². The second kappa shape index (κ2) is 13.8. The number of hydrogen-bond acceptors (Lipinski definition) is 6. The van der Waals surface area contributed by atoms with Gasteiger partial charge < -0.3 is 10.1 Å². The lowest BCUT2D eigenvalue weighted by Crippen LogP contribution is -2.20.